The van der Waals surface area contributed by atoms with E-state index >= 15 is 0 Å². The van der Waals surface area contributed by atoms with Crippen molar-refractivity contribution in [1.29, 1.82) is 0 Å². The summed E-state index contributed by atoms with van der Waals surface area (Å²) in [7, 11) is 0. The molecule has 19 heavy (non-hydrogen) atoms. The minimum atomic E-state index is -0.656. The van der Waals surface area contributed by atoms with Crippen molar-refractivity contribution in [2.75, 3.05) is 18.0 Å². The number of hydrogen-bond acceptors (Lipinski definition) is 2. The first-order chi connectivity index (χ1) is 9.13. The molecule has 0 unspecified atom stereocenters. The fourth-order valence-electron chi connectivity index (χ4n) is 3.17. The third-order valence-electron chi connectivity index (χ3n) is 4.52. The fraction of sp³-hybridized carbons (Fsp3) is 0.562. The first kappa shape index (κ1) is 12.5. The molecule has 1 aliphatic heterocycles. The van der Waals surface area contributed by atoms with E-state index in [-0.39, 0.29) is 0 Å². The van der Waals surface area contributed by atoms with Crippen LogP contribution < -0.4 is 4.90 Å². The quantitative estimate of drug-likeness (QED) is 0.906. The van der Waals surface area contributed by atoms with Gasteiger partial charge in [0.1, 0.15) is 0 Å². The Morgan fingerprint density at radius 3 is 2.47 bits per heavy atom. The molecule has 3 heteroatoms. The second-order valence-corrected chi connectivity index (χ2v) is 5.96. The van der Waals surface area contributed by atoms with Crippen molar-refractivity contribution in [2.45, 2.75) is 44.4 Å². The largest absolute Gasteiger partial charge is 0.481 e. The number of carbonyl (C=O) groups is 1. The van der Waals surface area contributed by atoms with Crippen molar-refractivity contribution in [2.24, 2.45) is 0 Å². The van der Waals surface area contributed by atoms with Crippen molar-refractivity contribution in [1.82, 2.24) is 0 Å². The van der Waals surface area contributed by atoms with Crippen molar-refractivity contribution in [3.63, 3.8) is 0 Å². The normalized spacial score (nSPS) is 21.2. The van der Waals surface area contributed by atoms with Gasteiger partial charge in [-0.3, -0.25) is 4.79 Å². The Labute approximate surface area is 114 Å². The molecule has 102 valence electrons. The summed E-state index contributed by atoms with van der Waals surface area (Å²) in [6.45, 7) is 4.17. The highest BCUT2D eigenvalue weighted by Crippen LogP contribution is 2.52. The molecule has 0 spiro atoms. The Morgan fingerprint density at radius 1 is 1.21 bits per heavy atom. The molecule has 3 nitrogen and oxygen atoms in total. The fourth-order valence-corrected chi connectivity index (χ4v) is 3.17. The average molecular weight is 259 g/mol. The van der Waals surface area contributed by atoms with Crippen molar-refractivity contribution in [3.8, 4) is 0 Å². The Kier molecular flexibility index (Phi) is 3.00. The van der Waals surface area contributed by atoms with Gasteiger partial charge < -0.3 is 10.0 Å². The van der Waals surface area contributed by atoms with Crippen LogP contribution in [0.1, 0.15) is 43.2 Å². The molecule has 0 atom stereocenters. The van der Waals surface area contributed by atoms with Gasteiger partial charge in [-0.05, 0) is 50.7 Å². The zero-order valence-electron chi connectivity index (χ0n) is 11.5. The topological polar surface area (TPSA) is 40.5 Å². The lowest BCUT2D eigenvalue weighted by Crippen LogP contribution is -2.32. The Morgan fingerprint density at radius 2 is 1.89 bits per heavy atom. The molecule has 0 amide bonds. The van der Waals surface area contributed by atoms with E-state index in [2.05, 4.69) is 23.1 Å². The van der Waals surface area contributed by atoms with Gasteiger partial charge in [-0.15, -0.1) is 0 Å². The predicted molar refractivity (Wildman–Crippen MR) is 75.8 cm³/mol. The van der Waals surface area contributed by atoms with Crippen LogP contribution in [-0.2, 0) is 10.2 Å². The number of carboxylic acids is 1. The Hall–Kier alpha value is -1.51. The van der Waals surface area contributed by atoms with E-state index in [1.54, 1.807) is 0 Å². The van der Waals surface area contributed by atoms with Crippen molar-refractivity contribution >= 4 is 11.7 Å². The summed E-state index contributed by atoms with van der Waals surface area (Å²) in [5.74, 6) is -0.656. The number of anilines is 1. The number of carboxylic acid groups (broad SMARTS) is 1. The lowest BCUT2D eigenvalue weighted by molar-refractivity contribution is -0.140. The minimum Gasteiger partial charge on any atom is -0.481 e. The van der Waals surface area contributed by atoms with Crippen molar-refractivity contribution in [3.05, 3.63) is 29.3 Å². The summed E-state index contributed by atoms with van der Waals surface area (Å²) >= 11 is 0. The summed E-state index contributed by atoms with van der Waals surface area (Å²) in [5.41, 5.74) is 2.76. The van der Waals surface area contributed by atoms with Crippen LogP contribution in [-0.4, -0.2) is 24.2 Å². The highest BCUT2D eigenvalue weighted by molar-refractivity contribution is 5.87. The summed E-state index contributed by atoms with van der Waals surface area (Å²) in [4.78, 5) is 14.0. The van der Waals surface area contributed by atoms with E-state index < -0.39 is 11.4 Å². The number of benzene rings is 1. The maximum absolute atomic E-state index is 11.6. The summed E-state index contributed by atoms with van der Waals surface area (Å²) in [6.07, 6.45) is 5.29. The zero-order valence-corrected chi connectivity index (χ0v) is 11.5. The lowest BCUT2D eigenvalue weighted by Gasteiger charge is -2.32. The van der Waals surface area contributed by atoms with Gasteiger partial charge in [0.2, 0.25) is 0 Å². The molecular formula is C16H21NO2. The number of piperidine rings is 1. The number of rotatable bonds is 3. The monoisotopic (exact) mass is 259 g/mol. The zero-order chi connectivity index (χ0) is 13.5. The highest BCUT2D eigenvalue weighted by Gasteiger charge is 2.53. The molecule has 1 aromatic carbocycles. The molecule has 0 aromatic heterocycles. The summed E-state index contributed by atoms with van der Waals surface area (Å²) < 4.78 is 0. The Bertz CT molecular complexity index is 499. The molecule has 1 aliphatic carbocycles. The molecule has 2 aliphatic rings. The lowest BCUT2D eigenvalue weighted by atomic mass is 9.91. The SMILES string of the molecule is Cc1ccc(N2CCCCC2)c(C2(C(=O)O)CC2)c1. The van der Waals surface area contributed by atoms with Crippen LogP contribution in [0.3, 0.4) is 0 Å². The van der Waals surface area contributed by atoms with Gasteiger partial charge >= 0.3 is 5.97 Å². The average Bonchev–Trinajstić information content (AvgIpc) is 3.21. The molecule has 0 radical (unpaired) electrons. The number of aryl methyl sites for hydroxylation is 1. The minimum absolute atomic E-state index is 0.598. The van der Waals surface area contributed by atoms with E-state index in [1.807, 2.05) is 6.92 Å². The standard InChI is InChI=1S/C16H21NO2/c1-12-5-6-14(17-9-3-2-4-10-17)13(11-12)16(7-8-16)15(18)19/h5-6,11H,2-4,7-10H2,1H3,(H,18,19). The van der Waals surface area contributed by atoms with Crippen LogP contribution in [0.2, 0.25) is 0 Å². The van der Waals surface area contributed by atoms with Crippen LogP contribution in [0.15, 0.2) is 18.2 Å². The number of nitrogens with zero attached hydrogens (tertiary/aromatic N) is 1. The maximum atomic E-state index is 11.6. The molecule has 0 bridgehead atoms. The van der Waals surface area contributed by atoms with Gasteiger partial charge in [-0.25, -0.2) is 0 Å². The van der Waals surface area contributed by atoms with E-state index in [1.165, 1.54) is 19.3 Å². The predicted octanol–water partition coefficient (Wildman–Crippen LogP) is 3.10. The van der Waals surface area contributed by atoms with E-state index in [0.29, 0.717) is 0 Å². The van der Waals surface area contributed by atoms with Crippen LogP contribution in [0, 0.1) is 6.92 Å². The van der Waals surface area contributed by atoms with Gasteiger partial charge in [0.15, 0.2) is 0 Å². The van der Waals surface area contributed by atoms with E-state index in [0.717, 1.165) is 42.7 Å². The number of hydrogen-bond donors (Lipinski definition) is 1. The molecule has 2 fully saturated rings. The van der Waals surface area contributed by atoms with Gasteiger partial charge in [0.25, 0.3) is 0 Å². The van der Waals surface area contributed by atoms with Crippen molar-refractivity contribution < 1.29 is 9.90 Å². The summed E-state index contributed by atoms with van der Waals surface area (Å²) in [6, 6.07) is 6.31. The van der Waals surface area contributed by atoms with Crippen LogP contribution >= 0.6 is 0 Å². The summed E-state index contributed by atoms with van der Waals surface area (Å²) in [5, 5.41) is 9.55. The molecular weight excluding hydrogens is 238 g/mol. The Balaban J connectivity index is 2.02. The second-order valence-electron chi connectivity index (χ2n) is 5.96. The molecule has 1 aromatic rings. The number of aliphatic carboxylic acids is 1. The molecule has 1 heterocycles. The van der Waals surface area contributed by atoms with Gasteiger partial charge in [-0.1, -0.05) is 17.7 Å². The van der Waals surface area contributed by atoms with Crippen LogP contribution in [0.4, 0.5) is 5.69 Å². The van der Waals surface area contributed by atoms with E-state index in [4.69, 9.17) is 0 Å². The molecule has 1 saturated heterocycles. The first-order valence-electron chi connectivity index (χ1n) is 7.23. The van der Waals surface area contributed by atoms with Gasteiger partial charge in [0.05, 0.1) is 5.41 Å². The second kappa shape index (κ2) is 4.55. The maximum Gasteiger partial charge on any atom is 0.314 e. The molecule has 3 rings (SSSR count). The van der Waals surface area contributed by atoms with E-state index in [9.17, 15) is 9.90 Å². The third kappa shape index (κ3) is 2.11. The highest BCUT2D eigenvalue weighted by atomic mass is 16.4. The van der Waals surface area contributed by atoms with Gasteiger partial charge in [0, 0.05) is 18.8 Å². The smallest absolute Gasteiger partial charge is 0.314 e. The first-order valence-corrected chi connectivity index (χ1v) is 7.23. The molecule has 1 N–H and O–H groups in total. The third-order valence-corrected chi connectivity index (χ3v) is 4.52. The van der Waals surface area contributed by atoms with Gasteiger partial charge in [-0.2, -0.15) is 0 Å². The van der Waals surface area contributed by atoms with Crippen LogP contribution in [0.25, 0.3) is 0 Å². The molecule has 1 saturated carbocycles. The van der Waals surface area contributed by atoms with Crippen LogP contribution in [0.5, 0.6) is 0 Å².